The highest BCUT2D eigenvalue weighted by Gasteiger charge is 2.03. The molecular weight excluding hydrogens is 197 g/mol. The smallest absolute Gasteiger partial charge is 0.150 e. The highest BCUT2D eigenvalue weighted by atomic mass is 35.5. The van der Waals surface area contributed by atoms with Gasteiger partial charge in [-0.15, -0.1) is 10.7 Å². The first-order valence-electron chi connectivity index (χ1n) is 3.34. The molecule has 0 aliphatic rings. The minimum atomic E-state index is -0.358. The summed E-state index contributed by atoms with van der Waals surface area (Å²) in [6.45, 7) is 0. The summed E-state index contributed by atoms with van der Waals surface area (Å²) in [5, 5.41) is 0.371. The molecule has 0 saturated carbocycles. The van der Waals surface area contributed by atoms with Gasteiger partial charge in [-0.1, -0.05) is 17.7 Å². The third kappa shape index (κ3) is 2.29. The van der Waals surface area contributed by atoms with Gasteiger partial charge < -0.3 is 0 Å². The SMILES string of the molecule is CS(C)=Nc1c(F)cccc1Cl. The predicted octanol–water partition coefficient (Wildman–Crippen LogP) is 3.17. The number of rotatable bonds is 1. The molecule has 1 nitrogen and oxygen atoms in total. The van der Waals surface area contributed by atoms with Crippen molar-refractivity contribution in [3.05, 3.63) is 29.0 Å². The Bertz CT molecular complexity index is 301. The summed E-state index contributed by atoms with van der Waals surface area (Å²) in [5.74, 6) is -0.358. The van der Waals surface area contributed by atoms with Crippen LogP contribution < -0.4 is 0 Å². The van der Waals surface area contributed by atoms with E-state index in [2.05, 4.69) is 4.36 Å². The van der Waals surface area contributed by atoms with Crippen LogP contribution in [-0.4, -0.2) is 12.5 Å². The summed E-state index contributed by atoms with van der Waals surface area (Å²) in [5.41, 5.74) is 0.271. The van der Waals surface area contributed by atoms with Gasteiger partial charge in [0.05, 0.1) is 5.02 Å². The summed E-state index contributed by atoms with van der Waals surface area (Å²) < 4.78 is 17.1. The van der Waals surface area contributed by atoms with Gasteiger partial charge in [-0.25, -0.2) is 8.75 Å². The van der Waals surface area contributed by atoms with E-state index in [4.69, 9.17) is 11.6 Å². The average Bonchev–Trinajstić information content (AvgIpc) is 1.97. The Hall–Kier alpha value is -0.410. The number of benzene rings is 1. The quantitative estimate of drug-likeness (QED) is 0.668. The van der Waals surface area contributed by atoms with Gasteiger partial charge in [0.2, 0.25) is 0 Å². The van der Waals surface area contributed by atoms with Crippen LogP contribution in [0.2, 0.25) is 5.02 Å². The average molecular weight is 206 g/mol. The molecule has 0 unspecified atom stereocenters. The van der Waals surface area contributed by atoms with E-state index in [1.165, 1.54) is 6.07 Å². The van der Waals surface area contributed by atoms with Crippen LogP contribution in [0.3, 0.4) is 0 Å². The largest absolute Gasteiger partial charge is 0.224 e. The van der Waals surface area contributed by atoms with E-state index in [1.54, 1.807) is 12.1 Å². The zero-order valence-corrected chi connectivity index (χ0v) is 8.42. The molecule has 0 heterocycles. The number of hydrogen-bond acceptors (Lipinski definition) is 1. The van der Waals surface area contributed by atoms with Gasteiger partial charge in [0.1, 0.15) is 5.69 Å². The molecule has 0 amide bonds. The zero-order valence-electron chi connectivity index (χ0n) is 6.84. The first-order valence-corrected chi connectivity index (χ1v) is 5.72. The second kappa shape index (κ2) is 4.01. The zero-order chi connectivity index (χ0) is 9.14. The van der Waals surface area contributed by atoms with E-state index in [-0.39, 0.29) is 22.2 Å². The summed E-state index contributed by atoms with van der Waals surface area (Å²) in [6, 6.07) is 4.56. The fourth-order valence-electron chi connectivity index (χ4n) is 0.759. The van der Waals surface area contributed by atoms with Crippen molar-refractivity contribution in [2.75, 3.05) is 12.5 Å². The summed E-state index contributed by atoms with van der Waals surface area (Å²) in [4.78, 5) is 0. The number of halogens is 2. The van der Waals surface area contributed by atoms with Crippen molar-refractivity contribution >= 4 is 28.0 Å². The summed E-state index contributed by atoms with van der Waals surface area (Å²) >= 11 is 5.74. The molecule has 0 radical (unpaired) electrons. The molecule has 4 heteroatoms. The van der Waals surface area contributed by atoms with Crippen molar-refractivity contribution in [2.24, 2.45) is 4.36 Å². The van der Waals surface area contributed by atoms with E-state index < -0.39 is 0 Å². The molecule has 0 saturated heterocycles. The molecule has 1 rings (SSSR count). The Morgan fingerprint density at radius 3 is 2.58 bits per heavy atom. The minimum absolute atomic E-state index is 0.187. The van der Waals surface area contributed by atoms with Crippen molar-refractivity contribution < 1.29 is 4.39 Å². The highest BCUT2D eigenvalue weighted by molar-refractivity contribution is 7.85. The Kier molecular flexibility index (Phi) is 3.23. The molecule has 12 heavy (non-hydrogen) atoms. The van der Waals surface area contributed by atoms with E-state index in [0.29, 0.717) is 5.02 Å². The van der Waals surface area contributed by atoms with E-state index in [0.717, 1.165) is 0 Å². The lowest BCUT2D eigenvalue weighted by atomic mass is 10.3. The van der Waals surface area contributed by atoms with Crippen molar-refractivity contribution in [1.29, 1.82) is 0 Å². The molecule has 0 N–H and O–H groups in total. The first-order chi connectivity index (χ1) is 5.61. The van der Waals surface area contributed by atoms with Crippen molar-refractivity contribution in [1.82, 2.24) is 0 Å². The van der Waals surface area contributed by atoms with Crippen LogP contribution in [0.15, 0.2) is 22.6 Å². The first kappa shape index (κ1) is 9.68. The van der Waals surface area contributed by atoms with Gasteiger partial charge >= 0.3 is 0 Å². The minimum Gasteiger partial charge on any atom is -0.224 e. The maximum atomic E-state index is 13.0. The molecule has 0 aromatic heterocycles. The highest BCUT2D eigenvalue weighted by Crippen LogP contribution is 2.27. The van der Waals surface area contributed by atoms with Crippen molar-refractivity contribution in [3.63, 3.8) is 0 Å². The second-order valence-corrected chi connectivity index (χ2v) is 4.57. The van der Waals surface area contributed by atoms with Gasteiger partial charge in [-0.05, 0) is 24.6 Å². The molecule has 66 valence electrons. The van der Waals surface area contributed by atoms with Crippen LogP contribution >= 0.6 is 11.6 Å². The third-order valence-electron chi connectivity index (χ3n) is 1.21. The van der Waals surface area contributed by atoms with E-state index in [1.807, 2.05) is 12.5 Å². The maximum Gasteiger partial charge on any atom is 0.150 e. The second-order valence-electron chi connectivity index (χ2n) is 2.43. The molecule has 1 aromatic rings. The summed E-state index contributed by atoms with van der Waals surface area (Å²) in [7, 11) is -0.187. The van der Waals surface area contributed by atoms with Gasteiger partial charge in [-0.2, -0.15) is 0 Å². The molecule has 0 bridgehead atoms. The molecule has 0 spiro atoms. The van der Waals surface area contributed by atoms with Crippen molar-refractivity contribution in [2.45, 2.75) is 0 Å². The van der Waals surface area contributed by atoms with Crippen LogP contribution in [0, 0.1) is 5.82 Å². The van der Waals surface area contributed by atoms with E-state index >= 15 is 0 Å². The number of hydrogen-bond donors (Lipinski definition) is 0. The van der Waals surface area contributed by atoms with Gasteiger partial charge in [0.15, 0.2) is 5.82 Å². The monoisotopic (exact) mass is 205 g/mol. The molecule has 1 aromatic carbocycles. The Morgan fingerprint density at radius 2 is 2.08 bits per heavy atom. The van der Waals surface area contributed by atoms with Crippen LogP contribution in [0.25, 0.3) is 0 Å². The van der Waals surface area contributed by atoms with Crippen LogP contribution in [0.5, 0.6) is 0 Å². The Labute approximate surface area is 78.7 Å². The standard InChI is InChI=1S/C8H9ClFNS/c1-12(2)11-8-6(9)4-3-5-7(8)10/h3-5H,1-2H3. The lowest BCUT2D eigenvalue weighted by Crippen LogP contribution is -1.81. The van der Waals surface area contributed by atoms with Gasteiger partial charge in [-0.3, -0.25) is 0 Å². The van der Waals surface area contributed by atoms with E-state index in [9.17, 15) is 4.39 Å². The van der Waals surface area contributed by atoms with Crippen LogP contribution in [0.4, 0.5) is 10.1 Å². The lowest BCUT2D eigenvalue weighted by molar-refractivity contribution is 0.630. The number of nitrogens with zero attached hydrogens (tertiary/aromatic N) is 1. The Balaban J connectivity index is 3.22. The van der Waals surface area contributed by atoms with Gasteiger partial charge in [0.25, 0.3) is 0 Å². The van der Waals surface area contributed by atoms with Gasteiger partial charge in [0, 0.05) is 0 Å². The van der Waals surface area contributed by atoms with Crippen LogP contribution in [-0.2, 0) is 10.7 Å². The third-order valence-corrected chi connectivity index (χ3v) is 2.06. The fourth-order valence-corrected chi connectivity index (χ4v) is 1.56. The summed E-state index contributed by atoms with van der Waals surface area (Å²) in [6.07, 6.45) is 3.81. The molecule has 0 aliphatic carbocycles. The topological polar surface area (TPSA) is 12.4 Å². The molecule has 0 aliphatic heterocycles. The maximum absolute atomic E-state index is 13.0. The van der Waals surface area contributed by atoms with Crippen LogP contribution in [0.1, 0.15) is 0 Å². The normalized spacial score (nSPS) is 10.4. The fraction of sp³-hybridized carbons (Fsp3) is 0.250. The molecular formula is C8H9ClFNS. The van der Waals surface area contributed by atoms with Crippen molar-refractivity contribution in [3.8, 4) is 0 Å². The molecule has 0 atom stereocenters. The molecule has 0 fully saturated rings. The lowest BCUT2D eigenvalue weighted by Gasteiger charge is -1.99. The predicted molar refractivity (Wildman–Crippen MR) is 52.7 cm³/mol. The Morgan fingerprint density at radius 1 is 1.42 bits per heavy atom.